The molecule has 0 radical (unpaired) electrons. The van der Waals surface area contributed by atoms with Gasteiger partial charge in [-0.1, -0.05) is 47.9 Å². The van der Waals surface area contributed by atoms with E-state index in [0.717, 1.165) is 0 Å². The molecule has 232 valence electrons. The number of phenolic OH excluding ortho intramolecular Hbond substituents is 2. The third-order valence-electron chi connectivity index (χ3n) is 5.42. The Labute approximate surface area is 268 Å². The van der Waals surface area contributed by atoms with Crippen LogP contribution in [0.5, 0.6) is 34.5 Å². The van der Waals surface area contributed by atoms with E-state index in [1.165, 1.54) is 75.2 Å². The Kier molecular flexibility index (Phi) is 16.1. The van der Waals surface area contributed by atoms with E-state index in [0.29, 0.717) is 11.1 Å². The standard InChI is InChI=1S/2C15H14N2O4.CO.Co/c2*1-21-13-4-2-3-11(14(13)19)9-16-17-15(20)10-5-7-12(18)8-6-10;1-2;/h2*2-9,18-19H,1H3,(H,17,20);;/q;;;+3/p-3/b2*16-9+;;. The van der Waals surface area contributed by atoms with Gasteiger partial charge in [0.2, 0.25) is 0 Å². The number of rotatable bonds is 8. The van der Waals surface area contributed by atoms with Crippen molar-refractivity contribution in [2.24, 2.45) is 15.3 Å². The van der Waals surface area contributed by atoms with Crippen LogP contribution in [0.15, 0.2) is 100 Å². The summed E-state index contributed by atoms with van der Waals surface area (Å²) in [6.45, 7) is 4.50. The SMILES string of the molecule is COc1cccc(/C=N/N=C(\[O-])c2ccc(O)cc2)c1[O-].COc1cccc(/C=N/NC(=O)c2ccc(O)cc2)c1[O-].[C-]#[O+].[Co+3]. The number of aromatic hydroxyl groups is 2. The first kappa shape index (κ1) is 37.2. The molecule has 0 bridgehead atoms. The largest absolute Gasteiger partial charge is 3.00 e. The number of amides is 1. The van der Waals surface area contributed by atoms with Crippen molar-refractivity contribution in [3.05, 3.63) is 114 Å². The molecule has 0 atom stereocenters. The number of hydrogen-bond donors (Lipinski definition) is 3. The van der Waals surface area contributed by atoms with Gasteiger partial charge in [-0.3, -0.25) is 4.79 Å². The maximum atomic E-state index is 11.8. The van der Waals surface area contributed by atoms with Gasteiger partial charge in [-0.2, -0.15) is 15.3 Å². The average molecular weight is 656 g/mol. The van der Waals surface area contributed by atoms with Crippen molar-refractivity contribution in [1.82, 2.24) is 5.43 Å². The number of para-hydroxylation sites is 2. The van der Waals surface area contributed by atoms with Gasteiger partial charge in [0.15, 0.2) is 0 Å². The van der Waals surface area contributed by atoms with Crippen LogP contribution in [-0.4, -0.2) is 48.7 Å². The van der Waals surface area contributed by atoms with Crippen molar-refractivity contribution >= 4 is 24.2 Å². The Morgan fingerprint density at radius 1 is 0.778 bits per heavy atom. The zero-order chi connectivity index (χ0) is 32.5. The molecule has 0 aliphatic carbocycles. The molecule has 0 heterocycles. The van der Waals surface area contributed by atoms with Crippen LogP contribution in [0.25, 0.3) is 0 Å². The minimum atomic E-state index is -0.568. The molecule has 4 rings (SSSR count). The van der Waals surface area contributed by atoms with E-state index in [9.17, 15) is 20.1 Å². The minimum absolute atomic E-state index is 0. The van der Waals surface area contributed by atoms with Crippen molar-refractivity contribution in [3.8, 4) is 34.5 Å². The van der Waals surface area contributed by atoms with E-state index in [-0.39, 0.29) is 62.4 Å². The van der Waals surface area contributed by atoms with E-state index in [4.69, 9.17) is 24.3 Å². The van der Waals surface area contributed by atoms with E-state index in [1.54, 1.807) is 36.4 Å². The Morgan fingerprint density at radius 2 is 1.22 bits per heavy atom. The van der Waals surface area contributed by atoms with Gasteiger partial charge in [0.05, 0.1) is 26.6 Å². The second-order valence-corrected chi connectivity index (χ2v) is 8.20. The summed E-state index contributed by atoms with van der Waals surface area (Å²) >= 11 is 0. The van der Waals surface area contributed by atoms with Gasteiger partial charge in [0, 0.05) is 11.5 Å². The number of hydrazone groups is 1. The number of carbonyl (C=O) groups excluding carboxylic acids is 1. The first-order valence-electron chi connectivity index (χ1n) is 12.3. The number of benzene rings is 4. The third kappa shape index (κ3) is 11.4. The maximum absolute atomic E-state index is 11.8. The summed E-state index contributed by atoms with van der Waals surface area (Å²) in [7, 11) is 2.81. The Hall–Kier alpha value is -5.79. The zero-order valence-corrected chi connectivity index (χ0v) is 24.7. The number of nitrogens with one attached hydrogen (secondary N) is 1. The molecule has 13 nitrogen and oxygen atoms in total. The van der Waals surface area contributed by atoms with Crippen LogP contribution in [0.1, 0.15) is 27.0 Å². The number of ether oxygens (including phenoxy) is 2. The zero-order valence-electron chi connectivity index (χ0n) is 23.7. The summed E-state index contributed by atoms with van der Waals surface area (Å²) in [4.78, 5) is 11.7. The molecule has 1 amide bonds. The second kappa shape index (κ2) is 19.4. The summed E-state index contributed by atoms with van der Waals surface area (Å²) in [6.07, 6.45) is 2.45. The quantitative estimate of drug-likeness (QED) is 0.0834. The van der Waals surface area contributed by atoms with Crippen molar-refractivity contribution in [3.63, 3.8) is 0 Å². The summed E-state index contributed by atoms with van der Waals surface area (Å²) in [5.74, 6) is -1.10. The molecule has 4 aromatic carbocycles. The van der Waals surface area contributed by atoms with Gasteiger partial charge in [-0.25, -0.2) is 5.43 Å². The van der Waals surface area contributed by atoms with Crippen LogP contribution in [0.3, 0.4) is 0 Å². The fraction of sp³-hybridized carbons (Fsp3) is 0.0645. The van der Waals surface area contributed by atoms with E-state index in [1.807, 2.05) is 0 Å². The minimum Gasteiger partial charge on any atom is 3.00 e. The van der Waals surface area contributed by atoms with E-state index >= 15 is 0 Å². The molecule has 0 saturated heterocycles. The van der Waals surface area contributed by atoms with Crippen molar-refractivity contribution in [2.45, 2.75) is 0 Å². The number of phenols is 2. The monoisotopic (exact) mass is 656 g/mol. The molecule has 0 aliphatic rings. The summed E-state index contributed by atoms with van der Waals surface area (Å²) in [6, 6.07) is 20.9. The van der Waals surface area contributed by atoms with Gasteiger partial charge in [-0.05, 0) is 65.2 Å². The number of carbonyl (C=O) groups is 1. The normalized spacial score (nSPS) is 10.4. The van der Waals surface area contributed by atoms with Gasteiger partial charge in [0.25, 0.3) is 5.91 Å². The molecule has 0 unspecified atom stereocenters. The Balaban J connectivity index is 0.000000418. The molecule has 45 heavy (non-hydrogen) atoms. The molecule has 0 fully saturated rings. The molecule has 4 aromatic rings. The van der Waals surface area contributed by atoms with Gasteiger partial charge < -0.3 is 35.0 Å². The second-order valence-electron chi connectivity index (χ2n) is 8.20. The van der Waals surface area contributed by atoms with Crippen LogP contribution < -0.4 is 30.2 Å². The summed E-state index contributed by atoms with van der Waals surface area (Å²) < 4.78 is 17.3. The molecule has 0 spiro atoms. The molecular weight excluding hydrogens is 631 g/mol. The first-order chi connectivity index (χ1) is 21.2. The van der Waals surface area contributed by atoms with Crippen LogP contribution in [0, 0.1) is 6.65 Å². The maximum Gasteiger partial charge on any atom is 3.00 e. The fourth-order valence-electron chi connectivity index (χ4n) is 3.23. The number of hydrogen-bond acceptors (Lipinski definition) is 11. The average Bonchev–Trinajstić information content (AvgIpc) is 3.04. The van der Waals surface area contributed by atoms with Crippen molar-refractivity contribution < 1.29 is 61.2 Å². The van der Waals surface area contributed by atoms with E-state index < -0.39 is 11.8 Å². The Bertz CT molecular complexity index is 1640. The summed E-state index contributed by atoms with van der Waals surface area (Å²) in [5, 5.41) is 64.4. The molecule has 3 N–H and O–H groups in total. The van der Waals surface area contributed by atoms with Crippen LogP contribution in [0.2, 0.25) is 0 Å². The van der Waals surface area contributed by atoms with E-state index in [2.05, 4.69) is 27.4 Å². The first-order valence-corrected chi connectivity index (χ1v) is 12.3. The van der Waals surface area contributed by atoms with Gasteiger partial charge in [-0.15, -0.1) is 0 Å². The van der Waals surface area contributed by atoms with Crippen molar-refractivity contribution in [1.29, 1.82) is 0 Å². The van der Waals surface area contributed by atoms with Crippen LogP contribution in [0.4, 0.5) is 0 Å². The van der Waals surface area contributed by atoms with Crippen LogP contribution in [-0.2, 0) is 21.4 Å². The molecule has 0 aromatic heterocycles. The van der Waals surface area contributed by atoms with Crippen molar-refractivity contribution in [2.75, 3.05) is 14.2 Å². The van der Waals surface area contributed by atoms with Gasteiger partial charge >= 0.3 is 28.1 Å². The molecule has 0 saturated carbocycles. The topological polar surface area (TPSA) is 214 Å². The number of nitrogens with zero attached hydrogens (tertiary/aromatic N) is 3. The summed E-state index contributed by atoms with van der Waals surface area (Å²) in [5.41, 5.74) is 3.52. The predicted octanol–water partition coefficient (Wildman–Crippen LogP) is 1.81. The fourth-order valence-corrected chi connectivity index (χ4v) is 3.23. The smallest absolute Gasteiger partial charge is 3.00 e. The number of methoxy groups -OCH3 is 2. The molecular formula is C31H25CoN4O9. The molecule has 14 heteroatoms. The predicted molar refractivity (Wildman–Crippen MR) is 154 cm³/mol. The Morgan fingerprint density at radius 3 is 1.69 bits per heavy atom. The van der Waals surface area contributed by atoms with Gasteiger partial charge in [0.1, 0.15) is 23.0 Å². The molecule has 0 aliphatic heterocycles. The van der Waals surface area contributed by atoms with Crippen LogP contribution >= 0.6 is 0 Å². The third-order valence-corrected chi connectivity index (χ3v) is 5.42.